The van der Waals surface area contributed by atoms with Gasteiger partial charge in [-0.2, -0.15) is 0 Å². The Labute approximate surface area is 113 Å². The van der Waals surface area contributed by atoms with Gasteiger partial charge in [-0.15, -0.1) is 0 Å². The van der Waals surface area contributed by atoms with E-state index in [0.717, 1.165) is 11.1 Å². The molecule has 0 fully saturated rings. The lowest BCUT2D eigenvalue weighted by Gasteiger charge is -2.12. The maximum atomic E-state index is 11.9. The molecule has 0 bridgehead atoms. The fourth-order valence-corrected chi connectivity index (χ4v) is 1.88. The van der Waals surface area contributed by atoms with E-state index in [4.69, 9.17) is 5.73 Å². The SMILES string of the molecule is N[C@H](Cc1ccccc1)C(=O)NCc1ccccc1. The number of rotatable bonds is 5. The van der Waals surface area contributed by atoms with Crippen molar-refractivity contribution < 1.29 is 4.79 Å². The quantitative estimate of drug-likeness (QED) is 0.856. The summed E-state index contributed by atoms with van der Waals surface area (Å²) >= 11 is 0. The highest BCUT2D eigenvalue weighted by Gasteiger charge is 2.13. The van der Waals surface area contributed by atoms with Crippen LogP contribution in [0.4, 0.5) is 0 Å². The number of benzene rings is 2. The molecule has 0 spiro atoms. The molecule has 0 unspecified atom stereocenters. The Bertz CT molecular complexity index is 511. The Morgan fingerprint density at radius 1 is 0.947 bits per heavy atom. The Balaban J connectivity index is 1.83. The van der Waals surface area contributed by atoms with Gasteiger partial charge >= 0.3 is 0 Å². The number of carbonyl (C=O) groups excluding carboxylic acids is 1. The van der Waals surface area contributed by atoms with Crippen molar-refractivity contribution in [2.45, 2.75) is 19.0 Å². The van der Waals surface area contributed by atoms with Gasteiger partial charge in [-0.25, -0.2) is 0 Å². The second-order valence-corrected chi connectivity index (χ2v) is 4.50. The Hall–Kier alpha value is -2.13. The van der Waals surface area contributed by atoms with Crippen molar-refractivity contribution in [2.75, 3.05) is 0 Å². The van der Waals surface area contributed by atoms with Gasteiger partial charge in [0, 0.05) is 6.54 Å². The van der Waals surface area contributed by atoms with Crippen LogP contribution in [-0.4, -0.2) is 11.9 Å². The molecule has 2 aromatic carbocycles. The zero-order valence-electron chi connectivity index (χ0n) is 10.8. The van der Waals surface area contributed by atoms with Crippen molar-refractivity contribution in [3.8, 4) is 0 Å². The van der Waals surface area contributed by atoms with Crippen LogP contribution in [0.3, 0.4) is 0 Å². The molecule has 0 saturated carbocycles. The third kappa shape index (κ3) is 4.23. The molecule has 1 atom stereocenters. The summed E-state index contributed by atoms with van der Waals surface area (Å²) in [6.45, 7) is 0.516. The van der Waals surface area contributed by atoms with Gasteiger partial charge in [-0.1, -0.05) is 60.7 Å². The maximum absolute atomic E-state index is 11.9. The lowest BCUT2D eigenvalue weighted by atomic mass is 10.1. The van der Waals surface area contributed by atoms with E-state index in [9.17, 15) is 4.79 Å². The van der Waals surface area contributed by atoms with Crippen molar-refractivity contribution in [2.24, 2.45) is 5.73 Å². The molecule has 0 heterocycles. The van der Waals surface area contributed by atoms with Crippen LogP contribution >= 0.6 is 0 Å². The van der Waals surface area contributed by atoms with Crippen LogP contribution in [0.25, 0.3) is 0 Å². The largest absolute Gasteiger partial charge is 0.351 e. The summed E-state index contributed by atoms with van der Waals surface area (Å²) in [4.78, 5) is 11.9. The average molecular weight is 254 g/mol. The molecule has 0 aromatic heterocycles. The highest BCUT2D eigenvalue weighted by molar-refractivity contribution is 5.81. The summed E-state index contributed by atoms with van der Waals surface area (Å²) in [6, 6.07) is 19.1. The normalized spacial score (nSPS) is 11.8. The number of nitrogens with two attached hydrogens (primary N) is 1. The fourth-order valence-electron chi connectivity index (χ4n) is 1.88. The van der Waals surface area contributed by atoms with Crippen molar-refractivity contribution >= 4 is 5.91 Å². The minimum atomic E-state index is -0.508. The van der Waals surface area contributed by atoms with E-state index in [1.54, 1.807) is 0 Å². The molecular weight excluding hydrogens is 236 g/mol. The van der Waals surface area contributed by atoms with Crippen LogP contribution in [0.15, 0.2) is 60.7 Å². The molecular formula is C16H18N2O. The first-order chi connectivity index (χ1) is 9.25. The lowest BCUT2D eigenvalue weighted by Crippen LogP contribution is -2.41. The van der Waals surface area contributed by atoms with Crippen molar-refractivity contribution in [3.05, 3.63) is 71.8 Å². The zero-order valence-corrected chi connectivity index (χ0v) is 10.8. The number of carbonyl (C=O) groups is 1. The molecule has 0 aliphatic rings. The second-order valence-electron chi connectivity index (χ2n) is 4.50. The third-order valence-electron chi connectivity index (χ3n) is 2.94. The van der Waals surface area contributed by atoms with Crippen LogP contribution < -0.4 is 11.1 Å². The number of hydrogen-bond acceptors (Lipinski definition) is 2. The first-order valence-electron chi connectivity index (χ1n) is 6.37. The molecule has 1 amide bonds. The zero-order chi connectivity index (χ0) is 13.5. The molecule has 2 aromatic rings. The van der Waals surface area contributed by atoms with Crippen LogP contribution in [-0.2, 0) is 17.8 Å². The first-order valence-corrected chi connectivity index (χ1v) is 6.37. The molecule has 0 aliphatic heterocycles. The monoisotopic (exact) mass is 254 g/mol. The van der Waals surface area contributed by atoms with Gasteiger partial charge in [-0.3, -0.25) is 4.79 Å². The number of hydrogen-bond donors (Lipinski definition) is 2. The summed E-state index contributed by atoms with van der Waals surface area (Å²) in [7, 11) is 0. The smallest absolute Gasteiger partial charge is 0.237 e. The molecule has 0 aliphatic carbocycles. The van der Waals surface area contributed by atoms with Gasteiger partial charge in [-0.05, 0) is 17.5 Å². The predicted octanol–water partition coefficient (Wildman–Crippen LogP) is 1.87. The Kier molecular flexibility index (Phi) is 4.70. The van der Waals surface area contributed by atoms with Gasteiger partial charge in [0.15, 0.2) is 0 Å². The molecule has 98 valence electrons. The topological polar surface area (TPSA) is 55.1 Å². The van der Waals surface area contributed by atoms with Crippen molar-refractivity contribution in [1.29, 1.82) is 0 Å². The van der Waals surface area contributed by atoms with E-state index >= 15 is 0 Å². The van der Waals surface area contributed by atoms with E-state index in [2.05, 4.69) is 5.32 Å². The van der Waals surface area contributed by atoms with Gasteiger partial charge in [0.1, 0.15) is 0 Å². The van der Waals surface area contributed by atoms with Crippen LogP contribution in [0.2, 0.25) is 0 Å². The van der Waals surface area contributed by atoms with Crippen molar-refractivity contribution in [3.63, 3.8) is 0 Å². The Morgan fingerprint density at radius 3 is 2.05 bits per heavy atom. The predicted molar refractivity (Wildman–Crippen MR) is 76.4 cm³/mol. The number of nitrogens with one attached hydrogen (secondary N) is 1. The molecule has 3 heteroatoms. The maximum Gasteiger partial charge on any atom is 0.237 e. The van der Waals surface area contributed by atoms with E-state index in [1.807, 2.05) is 60.7 Å². The highest BCUT2D eigenvalue weighted by atomic mass is 16.2. The van der Waals surface area contributed by atoms with Crippen LogP contribution in [0.1, 0.15) is 11.1 Å². The molecule has 19 heavy (non-hydrogen) atoms. The standard InChI is InChI=1S/C16H18N2O/c17-15(11-13-7-3-1-4-8-13)16(19)18-12-14-9-5-2-6-10-14/h1-10,15H,11-12,17H2,(H,18,19)/t15-/m1/s1. The minimum absolute atomic E-state index is 0.118. The summed E-state index contributed by atoms with van der Waals surface area (Å²) < 4.78 is 0. The van der Waals surface area contributed by atoms with Crippen LogP contribution in [0, 0.1) is 0 Å². The Morgan fingerprint density at radius 2 is 1.47 bits per heavy atom. The molecule has 3 nitrogen and oxygen atoms in total. The van der Waals surface area contributed by atoms with E-state index in [0.29, 0.717) is 13.0 Å². The molecule has 0 saturated heterocycles. The minimum Gasteiger partial charge on any atom is -0.351 e. The first kappa shape index (κ1) is 13.3. The molecule has 3 N–H and O–H groups in total. The van der Waals surface area contributed by atoms with E-state index < -0.39 is 6.04 Å². The number of amides is 1. The third-order valence-corrected chi connectivity index (χ3v) is 2.94. The summed E-state index contributed by atoms with van der Waals surface area (Å²) in [6.07, 6.45) is 0.557. The van der Waals surface area contributed by atoms with E-state index in [-0.39, 0.29) is 5.91 Å². The van der Waals surface area contributed by atoms with Gasteiger partial charge in [0.2, 0.25) is 5.91 Å². The fraction of sp³-hybridized carbons (Fsp3) is 0.188. The van der Waals surface area contributed by atoms with Gasteiger partial charge in [0.25, 0.3) is 0 Å². The summed E-state index contributed by atoms with van der Waals surface area (Å²) in [5.41, 5.74) is 8.05. The summed E-state index contributed by atoms with van der Waals surface area (Å²) in [5, 5.41) is 2.86. The lowest BCUT2D eigenvalue weighted by molar-refractivity contribution is -0.122. The van der Waals surface area contributed by atoms with Crippen molar-refractivity contribution in [1.82, 2.24) is 5.32 Å². The van der Waals surface area contributed by atoms with Gasteiger partial charge < -0.3 is 11.1 Å². The molecule has 0 radical (unpaired) electrons. The van der Waals surface area contributed by atoms with E-state index in [1.165, 1.54) is 0 Å². The van der Waals surface area contributed by atoms with Crippen LogP contribution in [0.5, 0.6) is 0 Å². The van der Waals surface area contributed by atoms with Gasteiger partial charge in [0.05, 0.1) is 6.04 Å². The molecule has 2 rings (SSSR count). The summed E-state index contributed by atoms with van der Waals surface area (Å²) in [5.74, 6) is -0.118. The highest BCUT2D eigenvalue weighted by Crippen LogP contribution is 2.02. The second kappa shape index (κ2) is 6.71. The average Bonchev–Trinajstić information content (AvgIpc) is 2.47.